The summed E-state index contributed by atoms with van der Waals surface area (Å²) in [5.74, 6) is 0. The van der Waals surface area contributed by atoms with Gasteiger partial charge in [0.15, 0.2) is 0 Å². The van der Waals surface area contributed by atoms with Crippen LogP contribution in [0.25, 0.3) is 0 Å². The highest BCUT2D eigenvalue weighted by molar-refractivity contribution is 7.99. The normalized spacial score (nSPS) is 29.4. The van der Waals surface area contributed by atoms with Gasteiger partial charge in [0, 0.05) is 24.4 Å². The largest absolute Gasteiger partial charge is 0.383 e. The third kappa shape index (κ3) is 3.44. The number of methoxy groups -OCH3 is 1. The van der Waals surface area contributed by atoms with E-state index in [0.717, 1.165) is 18.3 Å². The van der Waals surface area contributed by atoms with E-state index in [2.05, 4.69) is 18.5 Å². The molecule has 1 fully saturated rings. The summed E-state index contributed by atoms with van der Waals surface area (Å²) < 4.78 is 5.20. The van der Waals surface area contributed by atoms with Crippen molar-refractivity contribution in [2.24, 2.45) is 0 Å². The zero-order chi connectivity index (χ0) is 10.4. The molecule has 84 valence electrons. The maximum atomic E-state index is 5.20. The fraction of sp³-hybridized carbons (Fsp3) is 1.00. The number of nitrogens with one attached hydrogen (secondary N) is 1. The fourth-order valence-electron chi connectivity index (χ4n) is 2.19. The van der Waals surface area contributed by atoms with Crippen LogP contribution in [0.15, 0.2) is 0 Å². The molecule has 1 aliphatic carbocycles. The quantitative estimate of drug-likeness (QED) is 0.737. The molecule has 0 radical (unpaired) electrons. The lowest BCUT2D eigenvalue weighted by Crippen LogP contribution is -2.43. The summed E-state index contributed by atoms with van der Waals surface area (Å²) in [6.45, 7) is 3.06. The van der Waals surface area contributed by atoms with E-state index < -0.39 is 0 Å². The standard InChI is InChI=1S/C11H23NOS/c1-4-9(8-13-2)12-10-6-5-7-11(10)14-3/h9-12H,4-8H2,1-3H3/t9-,10+,11+/m1/s1. The summed E-state index contributed by atoms with van der Waals surface area (Å²) in [6.07, 6.45) is 7.48. The maximum absolute atomic E-state index is 5.20. The molecular formula is C11H23NOS. The van der Waals surface area contributed by atoms with Crippen molar-refractivity contribution in [2.75, 3.05) is 20.0 Å². The van der Waals surface area contributed by atoms with Crippen LogP contribution in [0.4, 0.5) is 0 Å². The molecule has 14 heavy (non-hydrogen) atoms. The molecule has 0 aromatic heterocycles. The van der Waals surface area contributed by atoms with E-state index >= 15 is 0 Å². The summed E-state index contributed by atoms with van der Waals surface area (Å²) >= 11 is 2.01. The molecule has 2 nitrogen and oxygen atoms in total. The molecule has 3 atom stereocenters. The molecule has 1 rings (SSSR count). The SMILES string of the molecule is CC[C@H](COC)N[C@H]1CCC[C@@H]1SC. The van der Waals surface area contributed by atoms with Gasteiger partial charge < -0.3 is 10.1 Å². The van der Waals surface area contributed by atoms with Crippen molar-refractivity contribution >= 4 is 11.8 Å². The van der Waals surface area contributed by atoms with Gasteiger partial charge in [0.1, 0.15) is 0 Å². The lowest BCUT2D eigenvalue weighted by atomic mass is 10.1. The first-order chi connectivity index (χ1) is 6.81. The Morgan fingerprint density at radius 3 is 2.86 bits per heavy atom. The maximum Gasteiger partial charge on any atom is 0.0615 e. The summed E-state index contributed by atoms with van der Waals surface area (Å²) in [5, 5.41) is 4.54. The van der Waals surface area contributed by atoms with Crippen LogP contribution in [0.5, 0.6) is 0 Å². The van der Waals surface area contributed by atoms with Crippen LogP contribution in [0.2, 0.25) is 0 Å². The number of rotatable bonds is 6. The molecule has 0 aromatic carbocycles. The number of ether oxygens (including phenoxy) is 1. The van der Waals surface area contributed by atoms with Crippen LogP contribution < -0.4 is 5.32 Å². The van der Waals surface area contributed by atoms with Crippen LogP contribution in [0.1, 0.15) is 32.6 Å². The average molecular weight is 217 g/mol. The minimum Gasteiger partial charge on any atom is -0.383 e. The Morgan fingerprint density at radius 2 is 2.29 bits per heavy atom. The third-order valence-electron chi connectivity index (χ3n) is 3.07. The lowest BCUT2D eigenvalue weighted by Gasteiger charge is -2.25. The Balaban J connectivity index is 2.32. The van der Waals surface area contributed by atoms with Gasteiger partial charge in [0.05, 0.1) is 6.61 Å². The average Bonchev–Trinajstić information content (AvgIpc) is 2.64. The predicted octanol–water partition coefficient (Wildman–Crippen LogP) is 2.29. The second kappa shape index (κ2) is 6.70. The van der Waals surface area contributed by atoms with Crippen LogP contribution in [-0.4, -0.2) is 37.3 Å². The van der Waals surface area contributed by atoms with Crippen LogP contribution in [-0.2, 0) is 4.74 Å². The summed E-state index contributed by atoms with van der Waals surface area (Å²) in [4.78, 5) is 0. The topological polar surface area (TPSA) is 21.3 Å². The van der Waals surface area contributed by atoms with Crippen molar-refractivity contribution in [2.45, 2.75) is 49.9 Å². The van der Waals surface area contributed by atoms with Gasteiger partial charge in [-0.3, -0.25) is 0 Å². The highest BCUT2D eigenvalue weighted by Gasteiger charge is 2.27. The minimum absolute atomic E-state index is 0.540. The molecule has 0 amide bonds. The van der Waals surface area contributed by atoms with Crippen molar-refractivity contribution in [1.82, 2.24) is 5.32 Å². The van der Waals surface area contributed by atoms with E-state index in [0.29, 0.717) is 12.1 Å². The molecule has 0 unspecified atom stereocenters. The molecular weight excluding hydrogens is 194 g/mol. The first-order valence-corrected chi connectivity index (χ1v) is 6.88. The minimum atomic E-state index is 0.540. The molecule has 0 heterocycles. The molecule has 1 aliphatic rings. The second-order valence-corrected chi connectivity index (χ2v) is 5.12. The van der Waals surface area contributed by atoms with Crippen molar-refractivity contribution in [3.05, 3.63) is 0 Å². The van der Waals surface area contributed by atoms with E-state index in [1.165, 1.54) is 19.3 Å². The number of thioether (sulfide) groups is 1. The van der Waals surface area contributed by atoms with Crippen molar-refractivity contribution in [1.29, 1.82) is 0 Å². The Bertz CT molecular complexity index is 154. The Morgan fingerprint density at radius 1 is 1.50 bits per heavy atom. The van der Waals surface area contributed by atoms with E-state index in [4.69, 9.17) is 4.74 Å². The zero-order valence-electron chi connectivity index (χ0n) is 9.58. The smallest absolute Gasteiger partial charge is 0.0615 e. The van der Waals surface area contributed by atoms with Gasteiger partial charge >= 0.3 is 0 Å². The fourth-order valence-corrected chi connectivity index (χ4v) is 3.13. The van der Waals surface area contributed by atoms with Crippen LogP contribution in [0.3, 0.4) is 0 Å². The van der Waals surface area contributed by atoms with Gasteiger partial charge in [-0.15, -0.1) is 0 Å². The molecule has 3 heteroatoms. The zero-order valence-corrected chi connectivity index (χ0v) is 10.4. The molecule has 0 bridgehead atoms. The van der Waals surface area contributed by atoms with Crippen LogP contribution in [0, 0.1) is 0 Å². The first kappa shape index (κ1) is 12.3. The third-order valence-corrected chi connectivity index (χ3v) is 4.24. The Kier molecular flexibility index (Phi) is 5.90. The summed E-state index contributed by atoms with van der Waals surface area (Å²) in [7, 11) is 1.78. The van der Waals surface area contributed by atoms with Gasteiger partial charge in [-0.25, -0.2) is 0 Å². The molecule has 0 saturated heterocycles. The summed E-state index contributed by atoms with van der Waals surface area (Å²) in [5.41, 5.74) is 0. The molecule has 1 saturated carbocycles. The van der Waals surface area contributed by atoms with Gasteiger partial charge in [-0.2, -0.15) is 11.8 Å². The number of hydrogen-bond donors (Lipinski definition) is 1. The van der Waals surface area contributed by atoms with E-state index in [9.17, 15) is 0 Å². The predicted molar refractivity (Wildman–Crippen MR) is 64.0 cm³/mol. The van der Waals surface area contributed by atoms with Gasteiger partial charge in [-0.05, 0) is 25.5 Å². The van der Waals surface area contributed by atoms with Crippen molar-refractivity contribution < 1.29 is 4.74 Å². The molecule has 0 aromatic rings. The van der Waals surface area contributed by atoms with Gasteiger partial charge in [0.2, 0.25) is 0 Å². The lowest BCUT2D eigenvalue weighted by molar-refractivity contribution is 0.159. The van der Waals surface area contributed by atoms with Crippen molar-refractivity contribution in [3.63, 3.8) is 0 Å². The highest BCUT2D eigenvalue weighted by Crippen LogP contribution is 2.28. The summed E-state index contributed by atoms with van der Waals surface area (Å²) in [6, 6.07) is 1.25. The van der Waals surface area contributed by atoms with Crippen LogP contribution >= 0.6 is 11.8 Å². The van der Waals surface area contributed by atoms with Gasteiger partial charge in [-0.1, -0.05) is 13.3 Å². The molecule has 0 aliphatic heterocycles. The Hall–Kier alpha value is 0.270. The molecule has 0 spiro atoms. The first-order valence-electron chi connectivity index (χ1n) is 5.59. The monoisotopic (exact) mass is 217 g/mol. The van der Waals surface area contributed by atoms with Crippen molar-refractivity contribution in [3.8, 4) is 0 Å². The molecule has 1 N–H and O–H groups in total. The van der Waals surface area contributed by atoms with E-state index in [-0.39, 0.29) is 0 Å². The Labute approximate surface area is 92.2 Å². The highest BCUT2D eigenvalue weighted by atomic mass is 32.2. The second-order valence-electron chi connectivity index (χ2n) is 4.04. The van der Waals surface area contributed by atoms with E-state index in [1.54, 1.807) is 7.11 Å². The van der Waals surface area contributed by atoms with Gasteiger partial charge in [0.25, 0.3) is 0 Å². The number of hydrogen-bond acceptors (Lipinski definition) is 3. The van der Waals surface area contributed by atoms with E-state index in [1.807, 2.05) is 11.8 Å².